The highest BCUT2D eigenvalue weighted by atomic mass is 19.4. The Morgan fingerprint density at radius 1 is 1.12 bits per heavy atom. The topological polar surface area (TPSA) is 49.8 Å². The molecule has 2 rings (SSSR count). The fourth-order valence-corrected chi connectivity index (χ4v) is 3.13. The third-order valence-electron chi connectivity index (χ3n) is 4.38. The zero-order valence-corrected chi connectivity index (χ0v) is 14.6. The predicted molar refractivity (Wildman–Crippen MR) is 86.9 cm³/mol. The van der Waals surface area contributed by atoms with Gasteiger partial charge in [-0.1, -0.05) is 30.3 Å². The van der Waals surface area contributed by atoms with Crippen LogP contribution in [-0.2, 0) is 10.3 Å². The van der Waals surface area contributed by atoms with E-state index in [-0.39, 0.29) is 31.5 Å². The van der Waals surface area contributed by atoms with Crippen molar-refractivity contribution in [3.8, 4) is 0 Å². The van der Waals surface area contributed by atoms with Gasteiger partial charge < -0.3 is 14.7 Å². The Hall–Kier alpha value is -1.76. The van der Waals surface area contributed by atoms with E-state index in [1.807, 2.05) is 0 Å². The molecule has 1 saturated heterocycles. The van der Waals surface area contributed by atoms with Crippen molar-refractivity contribution in [3.63, 3.8) is 0 Å². The Kier molecular flexibility index (Phi) is 5.37. The van der Waals surface area contributed by atoms with Gasteiger partial charge in [-0.05, 0) is 39.2 Å². The largest absolute Gasteiger partial charge is 0.444 e. The molecule has 1 aromatic rings. The van der Waals surface area contributed by atoms with E-state index in [0.717, 1.165) is 0 Å². The Bertz CT molecular complexity index is 590. The lowest BCUT2D eigenvalue weighted by molar-refractivity contribution is -0.290. The summed E-state index contributed by atoms with van der Waals surface area (Å²) in [6.45, 7) is 5.43. The number of ether oxygens (including phenoxy) is 1. The van der Waals surface area contributed by atoms with Gasteiger partial charge >= 0.3 is 12.3 Å². The van der Waals surface area contributed by atoms with Gasteiger partial charge in [-0.25, -0.2) is 4.79 Å². The van der Waals surface area contributed by atoms with E-state index >= 15 is 0 Å². The molecule has 140 valence electrons. The molecule has 1 N–H and O–H groups in total. The molecule has 0 aromatic heterocycles. The van der Waals surface area contributed by atoms with Crippen molar-refractivity contribution in [2.24, 2.45) is 5.92 Å². The highest BCUT2D eigenvalue weighted by molar-refractivity contribution is 5.68. The molecule has 1 aromatic carbocycles. The van der Waals surface area contributed by atoms with Crippen molar-refractivity contribution in [3.05, 3.63) is 35.9 Å². The minimum atomic E-state index is -4.80. The van der Waals surface area contributed by atoms with Gasteiger partial charge in [0.1, 0.15) is 5.60 Å². The van der Waals surface area contributed by atoms with Crippen LogP contribution < -0.4 is 0 Å². The average Bonchev–Trinajstić information content (AvgIpc) is 2.52. The summed E-state index contributed by atoms with van der Waals surface area (Å²) in [4.78, 5) is 13.4. The van der Waals surface area contributed by atoms with Gasteiger partial charge in [0.25, 0.3) is 0 Å². The fraction of sp³-hybridized carbons (Fsp3) is 0.611. The van der Waals surface area contributed by atoms with Gasteiger partial charge in [-0.2, -0.15) is 13.2 Å². The molecule has 1 heterocycles. The Balaban J connectivity index is 2.15. The second-order valence-electron chi connectivity index (χ2n) is 7.37. The van der Waals surface area contributed by atoms with Gasteiger partial charge in [0.2, 0.25) is 0 Å². The van der Waals surface area contributed by atoms with Crippen LogP contribution in [0.2, 0.25) is 0 Å². The fourth-order valence-electron chi connectivity index (χ4n) is 3.13. The Morgan fingerprint density at radius 3 is 2.08 bits per heavy atom. The van der Waals surface area contributed by atoms with Crippen LogP contribution in [-0.4, -0.2) is 41.0 Å². The van der Waals surface area contributed by atoms with Crippen LogP contribution >= 0.6 is 0 Å². The summed E-state index contributed by atoms with van der Waals surface area (Å²) in [5.41, 5.74) is -3.75. The van der Waals surface area contributed by atoms with Crippen LogP contribution in [0.1, 0.15) is 39.2 Å². The minimum Gasteiger partial charge on any atom is -0.444 e. The number of piperidine rings is 1. The third kappa shape index (κ3) is 4.26. The highest BCUT2D eigenvalue weighted by Crippen LogP contribution is 2.47. The second kappa shape index (κ2) is 6.86. The molecule has 0 bridgehead atoms. The van der Waals surface area contributed by atoms with Crippen LogP contribution in [0.15, 0.2) is 30.3 Å². The maximum atomic E-state index is 13.7. The number of hydrogen-bond acceptors (Lipinski definition) is 3. The van der Waals surface area contributed by atoms with Crippen molar-refractivity contribution >= 4 is 6.09 Å². The summed E-state index contributed by atoms with van der Waals surface area (Å²) < 4.78 is 46.3. The van der Waals surface area contributed by atoms with Crippen LogP contribution in [0, 0.1) is 5.92 Å². The highest BCUT2D eigenvalue weighted by Gasteiger charge is 2.59. The summed E-state index contributed by atoms with van der Waals surface area (Å²) >= 11 is 0. The Labute approximate surface area is 145 Å². The molecule has 0 spiro atoms. The van der Waals surface area contributed by atoms with E-state index in [0.29, 0.717) is 0 Å². The molecule has 1 amide bonds. The van der Waals surface area contributed by atoms with Gasteiger partial charge in [-0.15, -0.1) is 0 Å². The summed E-state index contributed by atoms with van der Waals surface area (Å²) in [5.74, 6) is -1.02. The van der Waals surface area contributed by atoms with Crippen LogP contribution in [0.3, 0.4) is 0 Å². The second-order valence-corrected chi connectivity index (χ2v) is 7.37. The Morgan fingerprint density at radius 2 is 1.64 bits per heavy atom. The monoisotopic (exact) mass is 359 g/mol. The zero-order chi connectivity index (χ0) is 18.9. The van der Waals surface area contributed by atoms with E-state index in [1.54, 1.807) is 26.8 Å². The number of carbonyl (C=O) groups excluding carboxylic acids is 1. The average molecular weight is 359 g/mol. The molecule has 0 aliphatic carbocycles. The number of rotatable bonds is 2. The number of carbonyl (C=O) groups is 1. The van der Waals surface area contributed by atoms with E-state index in [1.165, 1.54) is 29.2 Å². The molecule has 1 fully saturated rings. The maximum Gasteiger partial charge on any atom is 0.421 e. The normalized spacial score (nSPS) is 19.4. The number of hydrogen-bond donors (Lipinski definition) is 1. The first-order chi connectivity index (χ1) is 11.4. The molecule has 7 heteroatoms. The summed E-state index contributed by atoms with van der Waals surface area (Å²) in [6, 6.07) is 7.12. The summed E-state index contributed by atoms with van der Waals surface area (Å²) in [5, 5.41) is 10.6. The van der Waals surface area contributed by atoms with Gasteiger partial charge in [0.15, 0.2) is 5.60 Å². The minimum absolute atomic E-state index is 0.0458. The number of nitrogens with zero attached hydrogens (tertiary/aromatic N) is 1. The van der Waals surface area contributed by atoms with Crippen molar-refractivity contribution in [2.45, 2.75) is 51.0 Å². The number of likely N-dealkylation sites (tertiary alicyclic amines) is 1. The first-order valence-corrected chi connectivity index (χ1v) is 8.27. The quantitative estimate of drug-likeness (QED) is 0.865. The van der Waals surface area contributed by atoms with Crippen molar-refractivity contribution < 1.29 is 27.8 Å². The van der Waals surface area contributed by atoms with Gasteiger partial charge in [0, 0.05) is 19.0 Å². The first-order valence-electron chi connectivity index (χ1n) is 8.27. The van der Waals surface area contributed by atoms with Crippen molar-refractivity contribution in [2.75, 3.05) is 13.1 Å². The lowest BCUT2D eigenvalue weighted by Crippen LogP contribution is -2.53. The number of alkyl halides is 3. The summed E-state index contributed by atoms with van der Waals surface area (Å²) in [7, 11) is 0. The van der Waals surface area contributed by atoms with Crippen molar-refractivity contribution in [1.82, 2.24) is 4.90 Å². The molecular formula is C18H24F3NO3. The lowest BCUT2D eigenvalue weighted by Gasteiger charge is -2.42. The molecule has 4 nitrogen and oxygen atoms in total. The molecule has 0 saturated carbocycles. The maximum absolute atomic E-state index is 13.7. The van der Waals surface area contributed by atoms with E-state index in [2.05, 4.69) is 0 Å². The van der Waals surface area contributed by atoms with Gasteiger partial charge in [0.05, 0.1) is 0 Å². The van der Waals surface area contributed by atoms with E-state index in [9.17, 15) is 23.1 Å². The SMILES string of the molecule is CC(C)(C)OC(=O)N1CCC([C@@](O)(c2ccccc2)C(F)(F)F)CC1. The van der Waals surface area contributed by atoms with Crippen LogP contribution in [0.5, 0.6) is 0 Å². The molecular weight excluding hydrogens is 335 g/mol. The molecule has 1 aliphatic heterocycles. The molecule has 1 aliphatic rings. The summed E-state index contributed by atoms with van der Waals surface area (Å²) in [6.07, 6.45) is -5.25. The number of amides is 1. The molecule has 0 radical (unpaired) electrons. The zero-order valence-electron chi connectivity index (χ0n) is 14.6. The van der Waals surface area contributed by atoms with Crippen LogP contribution in [0.25, 0.3) is 0 Å². The first kappa shape index (κ1) is 19.6. The molecule has 25 heavy (non-hydrogen) atoms. The standard InChI is InChI=1S/C18H24F3NO3/c1-16(2,3)25-15(23)22-11-9-14(10-12-22)17(24,18(19,20)21)13-7-5-4-6-8-13/h4-8,14,24H,9-12H2,1-3H3/t17-/m0/s1. The smallest absolute Gasteiger partial charge is 0.421 e. The number of halogens is 3. The number of benzene rings is 1. The number of aliphatic hydroxyl groups is 1. The predicted octanol–water partition coefficient (Wildman–Crippen LogP) is 4.08. The van der Waals surface area contributed by atoms with Gasteiger partial charge in [-0.3, -0.25) is 0 Å². The van der Waals surface area contributed by atoms with Crippen molar-refractivity contribution in [1.29, 1.82) is 0 Å². The molecule has 1 atom stereocenters. The van der Waals surface area contributed by atoms with E-state index in [4.69, 9.17) is 4.74 Å². The van der Waals surface area contributed by atoms with E-state index < -0.39 is 29.4 Å². The lowest BCUT2D eigenvalue weighted by atomic mass is 9.75. The van der Waals surface area contributed by atoms with Crippen LogP contribution in [0.4, 0.5) is 18.0 Å². The molecule has 0 unspecified atom stereocenters. The third-order valence-corrected chi connectivity index (χ3v) is 4.38.